The lowest BCUT2D eigenvalue weighted by molar-refractivity contribution is 0.168. The molecule has 2 amide bonds. The Bertz CT molecular complexity index is 972. The summed E-state index contributed by atoms with van der Waals surface area (Å²) in [5.74, 6) is 0.154. The Morgan fingerprint density at radius 1 is 1.19 bits per heavy atom. The fourth-order valence-corrected chi connectivity index (χ4v) is 5.85. The van der Waals surface area contributed by atoms with Crippen LogP contribution in [0.25, 0.3) is 0 Å². The summed E-state index contributed by atoms with van der Waals surface area (Å²) in [5.41, 5.74) is 2.35. The summed E-state index contributed by atoms with van der Waals surface area (Å²) in [6, 6.07) is 15.2. The van der Waals surface area contributed by atoms with Crippen LogP contribution in [-0.4, -0.2) is 37.2 Å². The number of aryl methyl sites for hydroxylation is 1. The van der Waals surface area contributed by atoms with Crippen LogP contribution in [0.2, 0.25) is 0 Å². The number of benzene rings is 2. The molecule has 1 unspecified atom stereocenters. The number of hydrogen-bond donors (Lipinski definition) is 1. The number of carbonyl (C=O) groups excluding carboxylic acids is 1. The van der Waals surface area contributed by atoms with Crippen LogP contribution in [0.15, 0.2) is 53.4 Å². The summed E-state index contributed by atoms with van der Waals surface area (Å²) in [6.07, 6.45) is 3.27. The molecule has 2 aliphatic heterocycles. The Hall–Kier alpha value is -2.34. The minimum Gasteiger partial charge on any atom is -0.319 e. The monoisotopic (exact) mass is 384 g/mol. The van der Waals surface area contributed by atoms with Crippen molar-refractivity contribution in [1.29, 1.82) is 0 Å². The summed E-state index contributed by atoms with van der Waals surface area (Å²) < 4.78 is 24.3. The van der Waals surface area contributed by atoms with E-state index in [1.165, 1.54) is 5.56 Å². The molecular weight excluding hydrogens is 360 g/mol. The van der Waals surface area contributed by atoms with Gasteiger partial charge >= 0.3 is 6.03 Å². The van der Waals surface area contributed by atoms with E-state index in [1.54, 1.807) is 12.1 Å². The van der Waals surface area contributed by atoms with Crippen LogP contribution in [0, 0.1) is 0 Å². The van der Waals surface area contributed by atoms with E-state index in [-0.39, 0.29) is 17.3 Å². The molecule has 27 heavy (non-hydrogen) atoms. The number of nitrogens with one attached hydrogen (secondary N) is 1. The van der Waals surface area contributed by atoms with Gasteiger partial charge < -0.3 is 10.2 Å². The molecule has 142 valence electrons. The van der Waals surface area contributed by atoms with Crippen LogP contribution < -0.4 is 5.32 Å². The fourth-order valence-electron chi connectivity index (χ4n) is 4.26. The highest BCUT2D eigenvalue weighted by Crippen LogP contribution is 2.34. The lowest BCUT2D eigenvalue weighted by Gasteiger charge is -2.35. The highest BCUT2D eigenvalue weighted by atomic mass is 32.2. The first-order valence-corrected chi connectivity index (χ1v) is 11.0. The quantitative estimate of drug-likeness (QED) is 0.878. The molecule has 0 aromatic heterocycles. The van der Waals surface area contributed by atoms with Gasteiger partial charge in [-0.05, 0) is 55.9 Å². The van der Waals surface area contributed by atoms with E-state index in [2.05, 4.69) is 24.4 Å². The third kappa shape index (κ3) is 3.46. The zero-order chi connectivity index (χ0) is 19.1. The number of amides is 2. The van der Waals surface area contributed by atoms with E-state index in [0.29, 0.717) is 23.5 Å². The van der Waals surface area contributed by atoms with Gasteiger partial charge in [-0.1, -0.05) is 36.4 Å². The molecular formula is C21H24N2O3S. The summed E-state index contributed by atoms with van der Waals surface area (Å²) >= 11 is 0. The van der Waals surface area contributed by atoms with Gasteiger partial charge in [0.15, 0.2) is 9.84 Å². The van der Waals surface area contributed by atoms with Crippen LogP contribution in [0.1, 0.15) is 30.9 Å². The van der Waals surface area contributed by atoms with Crippen LogP contribution in [-0.2, 0) is 22.7 Å². The number of carbonyl (C=O) groups is 1. The second-order valence-corrected chi connectivity index (χ2v) is 9.81. The Morgan fingerprint density at radius 2 is 1.96 bits per heavy atom. The predicted octanol–water partition coefficient (Wildman–Crippen LogP) is 3.65. The molecule has 0 radical (unpaired) electrons. The van der Waals surface area contributed by atoms with Crippen molar-refractivity contribution < 1.29 is 13.2 Å². The van der Waals surface area contributed by atoms with Gasteiger partial charge in [0.25, 0.3) is 0 Å². The number of fused-ring (bicyclic) bond motifs is 1. The smallest absolute Gasteiger partial charge is 0.319 e. The number of nitrogens with zero attached hydrogens (tertiary/aromatic N) is 1. The molecule has 5 nitrogen and oxygen atoms in total. The Kier molecular flexibility index (Phi) is 4.46. The van der Waals surface area contributed by atoms with Gasteiger partial charge in [-0.3, -0.25) is 0 Å². The van der Waals surface area contributed by atoms with Crippen LogP contribution in [0.3, 0.4) is 0 Å². The molecule has 6 heteroatoms. The summed E-state index contributed by atoms with van der Waals surface area (Å²) in [4.78, 5) is 15.2. The van der Waals surface area contributed by atoms with Crippen molar-refractivity contribution in [2.75, 3.05) is 17.6 Å². The van der Waals surface area contributed by atoms with Gasteiger partial charge in [0, 0.05) is 17.8 Å². The molecule has 0 bridgehead atoms. The van der Waals surface area contributed by atoms with E-state index in [9.17, 15) is 13.2 Å². The van der Waals surface area contributed by atoms with E-state index in [0.717, 1.165) is 24.8 Å². The molecule has 2 aromatic carbocycles. The van der Waals surface area contributed by atoms with E-state index in [1.807, 2.05) is 29.2 Å². The largest absolute Gasteiger partial charge is 0.322 e. The molecule has 1 N–H and O–H groups in total. The maximum Gasteiger partial charge on any atom is 0.322 e. The molecule has 0 saturated carbocycles. The van der Waals surface area contributed by atoms with Crippen molar-refractivity contribution in [3.63, 3.8) is 0 Å². The fraction of sp³-hybridized carbons (Fsp3) is 0.381. The zero-order valence-corrected chi connectivity index (χ0v) is 16.3. The first-order valence-electron chi connectivity index (χ1n) is 9.36. The molecule has 2 aromatic rings. The summed E-state index contributed by atoms with van der Waals surface area (Å²) in [5, 5.41) is 2.91. The summed E-state index contributed by atoms with van der Waals surface area (Å²) in [6.45, 7) is 2.83. The first-order chi connectivity index (χ1) is 12.9. The van der Waals surface area contributed by atoms with E-state index < -0.39 is 9.84 Å². The Balaban J connectivity index is 1.53. The summed E-state index contributed by atoms with van der Waals surface area (Å²) in [7, 11) is -3.21. The molecule has 1 saturated heterocycles. The van der Waals surface area contributed by atoms with E-state index >= 15 is 0 Å². The van der Waals surface area contributed by atoms with Crippen LogP contribution in [0.5, 0.6) is 0 Å². The third-order valence-corrected chi connectivity index (χ3v) is 7.51. The SMILES string of the molecule is CC1(Cc2ccccc2)CCCN1C(=O)Nc1ccc2c(c1)S(=O)(=O)CC2. The van der Waals surface area contributed by atoms with Crippen molar-refractivity contribution in [1.82, 2.24) is 4.90 Å². The Labute approximate surface area is 160 Å². The number of anilines is 1. The molecule has 2 heterocycles. The molecule has 2 aliphatic rings. The standard InChI is InChI=1S/C21H24N2O3S/c1-21(15-16-6-3-2-4-7-16)11-5-12-23(21)20(24)22-18-9-8-17-10-13-27(25,26)19(17)14-18/h2-4,6-9,14H,5,10-13,15H2,1H3,(H,22,24). The van der Waals surface area contributed by atoms with Crippen LogP contribution >= 0.6 is 0 Å². The lowest BCUT2D eigenvalue weighted by Crippen LogP contribution is -2.48. The Morgan fingerprint density at radius 3 is 2.74 bits per heavy atom. The second-order valence-electron chi connectivity index (χ2n) is 7.74. The van der Waals surface area contributed by atoms with Crippen LogP contribution in [0.4, 0.5) is 10.5 Å². The minimum absolute atomic E-state index is 0.154. The number of rotatable bonds is 3. The number of sulfone groups is 1. The van der Waals surface area contributed by atoms with Gasteiger partial charge in [-0.25, -0.2) is 13.2 Å². The predicted molar refractivity (Wildman–Crippen MR) is 106 cm³/mol. The molecule has 1 fully saturated rings. The van der Waals surface area contributed by atoms with Crippen molar-refractivity contribution >= 4 is 21.6 Å². The van der Waals surface area contributed by atoms with Crippen molar-refractivity contribution in [3.05, 3.63) is 59.7 Å². The van der Waals surface area contributed by atoms with Crippen molar-refractivity contribution in [2.45, 2.75) is 43.0 Å². The minimum atomic E-state index is -3.21. The maximum atomic E-state index is 12.9. The zero-order valence-electron chi connectivity index (χ0n) is 15.4. The topological polar surface area (TPSA) is 66.5 Å². The van der Waals surface area contributed by atoms with E-state index in [4.69, 9.17) is 0 Å². The average Bonchev–Trinajstić information content (AvgIpc) is 3.16. The molecule has 0 spiro atoms. The van der Waals surface area contributed by atoms with Gasteiger partial charge in [0.2, 0.25) is 0 Å². The van der Waals surface area contributed by atoms with Gasteiger partial charge in [-0.2, -0.15) is 0 Å². The third-order valence-electron chi connectivity index (χ3n) is 5.72. The van der Waals surface area contributed by atoms with Crippen molar-refractivity contribution in [3.8, 4) is 0 Å². The highest BCUT2D eigenvalue weighted by Gasteiger charge is 2.39. The van der Waals surface area contributed by atoms with Gasteiger partial charge in [0.1, 0.15) is 0 Å². The van der Waals surface area contributed by atoms with Gasteiger partial charge in [0.05, 0.1) is 10.6 Å². The normalized spacial score (nSPS) is 23.2. The van der Waals surface area contributed by atoms with Gasteiger partial charge in [-0.15, -0.1) is 0 Å². The number of urea groups is 1. The lowest BCUT2D eigenvalue weighted by atomic mass is 9.90. The number of hydrogen-bond acceptors (Lipinski definition) is 3. The number of likely N-dealkylation sites (tertiary alicyclic amines) is 1. The maximum absolute atomic E-state index is 12.9. The molecule has 0 aliphatic carbocycles. The highest BCUT2D eigenvalue weighted by molar-refractivity contribution is 7.91. The first kappa shape index (κ1) is 18.0. The van der Waals surface area contributed by atoms with Crippen molar-refractivity contribution in [2.24, 2.45) is 0 Å². The molecule has 1 atom stereocenters. The molecule has 4 rings (SSSR count). The second kappa shape index (κ2) is 6.68. The average molecular weight is 385 g/mol.